The molecule has 0 spiro atoms. The zero-order valence-electron chi connectivity index (χ0n) is 19.8. The topological polar surface area (TPSA) is 85.8 Å². The van der Waals surface area contributed by atoms with Crippen LogP contribution in [-0.4, -0.2) is 49.3 Å². The van der Waals surface area contributed by atoms with Gasteiger partial charge in [0.1, 0.15) is 11.1 Å². The lowest BCUT2D eigenvalue weighted by Crippen LogP contribution is -2.41. The molecule has 0 atom stereocenters. The first-order valence-electron chi connectivity index (χ1n) is 11.4. The van der Waals surface area contributed by atoms with E-state index in [2.05, 4.69) is 4.98 Å². The monoisotopic (exact) mass is 447 g/mol. The molecule has 4 aromatic rings. The normalized spacial score (nSPS) is 15.5. The molecular formula is C25H29N5O3. The molecule has 4 heterocycles. The van der Waals surface area contributed by atoms with Gasteiger partial charge in [-0.2, -0.15) is 5.10 Å². The summed E-state index contributed by atoms with van der Waals surface area (Å²) in [4.78, 5) is 23.4. The van der Waals surface area contributed by atoms with E-state index in [1.165, 1.54) is 0 Å². The van der Waals surface area contributed by atoms with E-state index in [0.717, 1.165) is 58.0 Å². The van der Waals surface area contributed by atoms with Crippen LogP contribution in [0.4, 0.5) is 4.79 Å². The minimum Gasteiger partial charge on any atom is -0.444 e. The van der Waals surface area contributed by atoms with Crippen LogP contribution >= 0.6 is 0 Å². The molecule has 1 aromatic carbocycles. The predicted octanol–water partition coefficient (Wildman–Crippen LogP) is 5.27. The number of fused-ring (bicyclic) bond motifs is 2. The quantitative estimate of drug-likeness (QED) is 0.416. The molecule has 8 heteroatoms. The van der Waals surface area contributed by atoms with Crippen LogP contribution in [0.1, 0.15) is 56.7 Å². The molecule has 1 aliphatic heterocycles. The van der Waals surface area contributed by atoms with Gasteiger partial charge in [0.2, 0.25) is 0 Å². The van der Waals surface area contributed by atoms with E-state index in [0.29, 0.717) is 13.1 Å². The summed E-state index contributed by atoms with van der Waals surface area (Å²) in [7, 11) is 0. The van der Waals surface area contributed by atoms with Gasteiger partial charge < -0.3 is 14.1 Å². The molecule has 1 fully saturated rings. The number of ether oxygens (including phenoxy) is 1. The summed E-state index contributed by atoms with van der Waals surface area (Å²) >= 11 is 0. The lowest BCUT2D eigenvalue weighted by atomic mass is 9.97. The van der Waals surface area contributed by atoms with E-state index in [1.54, 1.807) is 4.90 Å². The van der Waals surface area contributed by atoms with Crippen molar-refractivity contribution in [2.75, 3.05) is 13.1 Å². The minimum absolute atomic E-state index is 0.185. The van der Waals surface area contributed by atoms with Gasteiger partial charge in [-0.1, -0.05) is 6.07 Å². The Balaban J connectivity index is 1.35. The first-order valence-corrected chi connectivity index (χ1v) is 11.4. The van der Waals surface area contributed by atoms with Crippen molar-refractivity contribution >= 4 is 22.8 Å². The number of hydrogen-bond acceptors (Lipinski definition) is 6. The first-order chi connectivity index (χ1) is 15.7. The van der Waals surface area contributed by atoms with Crippen molar-refractivity contribution in [3.8, 4) is 11.3 Å². The lowest BCUT2D eigenvalue weighted by molar-refractivity contribution is 0.0199. The number of aryl methyl sites for hydroxylation is 2. The second kappa shape index (κ2) is 7.86. The summed E-state index contributed by atoms with van der Waals surface area (Å²) in [5, 5.41) is 4.72. The summed E-state index contributed by atoms with van der Waals surface area (Å²) in [5.74, 6) is 0.918. The van der Waals surface area contributed by atoms with E-state index in [9.17, 15) is 4.79 Å². The maximum absolute atomic E-state index is 12.3. The van der Waals surface area contributed by atoms with Crippen LogP contribution < -0.4 is 0 Å². The number of piperidine rings is 1. The molecule has 33 heavy (non-hydrogen) atoms. The zero-order chi connectivity index (χ0) is 23.3. The summed E-state index contributed by atoms with van der Waals surface area (Å²) in [5.41, 5.74) is 5.82. The molecule has 0 unspecified atom stereocenters. The SMILES string of the molecule is Cc1cn2nc(-c3ccc4nc(C5CCN(C(=O)OC(C)(C)C)CC5)oc4c3)cc(C)c2n1. The van der Waals surface area contributed by atoms with Gasteiger partial charge in [-0.05, 0) is 71.2 Å². The van der Waals surface area contributed by atoms with Crippen molar-refractivity contribution < 1.29 is 13.9 Å². The third-order valence-electron chi connectivity index (χ3n) is 5.93. The van der Waals surface area contributed by atoms with E-state index in [4.69, 9.17) is 19.2 Å². The third-order valence-corrected chi connectivity index (χ3v) is 5.93. The second-order valence-electron chi connectivity index (χ2n) is 9.84. The van der Waals surface area contributed by atoms with E-state index >= 15 is 0 Å². The van der Waals surface area contributed by atoms with Crippen molar-refractivity contribution in [3.63, 3.8) is 0 Å². The maximum Gasteiger partial charge on any atom is 0.410 e. The second-order valence-corrected chi connectivity index (χ2v) is 9.84. The highest BCUT2D eigenvalue weighted by Crippen LogP contribution is 2.32. The number of rotatable bonds is 2. The number of carbonyl (C=O) groups excluding carboxylic acids is 1. The Hall–Kier alpha value is -3.42. The minimum atomic E-state index is -0.486. The number of imidazole rings is 1. The smallest absolute Gasteiger partial charge is 0.410 e. The molecule has 0 saturated carbocycles. The molecule has 0 radical (unpaired) electrons. The van der Waals surface area contributed by atoms with Crippen LogP contribution in [0.25, 0.3) is 28.0 Å². The lowest BCUT2D eigenvalue weighted by Gasteiger charge is -2.32. The number of aromatic nitrogens is 4. The molecule has 172 valence electrons. The highest BCUT2D eigenvalue weighted by molar-refractivity contribution is 5.79. The van der Waals surface area contributed by atoms with E-state index in [1.807, 2.05) is 69.6 Å². The van der Waals surface area contributed by atoms with Gasteiger partial charge in [-0.25, -0.2) is 19.3 Å². The maximum atomic E-state index is 12.3. The Bertz CT molecular complexity index is 1340. The average Bonchev–Trinajstić information content (AvgIpc) is 3.35. The molecular weight excluding hydrogens is 418 g/mol. The number of benzene rings is 1. The largest absolute Gasteiger partial charge is 0.444 e. The van der Waals surface area contributed by atoms with E-state index in [-0.39, 0.29) is 12.0 Å². The number of nitrogens with zero attached hydrogens (tertiary/aromatic N) is 5. The van der Waals surface area contributed by atoms with Gasteiger partial charge in [0.25, 0.3) is 0 Å². The fourth-order valence-electron chi connectivity index (χ4n) is 4.30. The number of carbonyl (C=O) groups is 1. The summed E-state index contributed by atoms with van der Waals surface area (Å²) in [6.45, 7) is 10.9. The molecule has 5 rings (SSSR count). The van der Waals surface area contributed by atoms with Crippen LogP contribution in [-0.2, 0) is 4.74 Å². The number of likely N-dealkylation sites (tertiary alicyclic amines) is 1. The van der Waals surface area contributed by atoms with Crippen LogP contribution in [0, 0.1) is 13.8 Å². The Kier molecular flexibility index (Phi) is 5.11. The molecule has 1 aliphatic rings. The Morgan fingerprint density at radius 3 is 2.61 bits per heavy atom. The Morgan fingerprint density at radius 1 is 1.12 bits per heavy atom. The molecule has 1 saturated heterocycles. The molecule has 8 nitrogen and oxygen atoms in total. The number of amides is 1. The van der Waals surface area contributed by atoms with Gasteiger partial charge in [0, 0.05) is 24.6 Å². The third kappa shape index (κ3) is 4.29. The molecule has 0 bridgehead atoms. The van der Waals surface area contributed by atoms with Gasteiger partial charge in [0.15, 0.2) is 17.1 Å². The molecule has 0 aliphatic carbocycles. The summed E-state index contributed by atoms with van der Waals surface area (Å²) < 4.78 is 13.5. The van der Waals surface area contributed by atoms with Crippen LogP contribution in [0.3, 0.4) is 0 Å². The van der Waals surface area contributed by atoms with Gasteiger partial charge in [-0.3, -0.25) is 0 Å². The Labute approximate surface area is 192 Å². The van der Waals surface area contributed by atoms with Gasteiger partial charge >= 0.3 is 6.09 Å². The van der Waals surface area contributed by atoms with Crippen molar-refractivity contribution in [2.45, 2.75) is 59.0 Å². The number of hydrogen-bond donors (Lipinski definition) is 0. The highest BCUT2D eigenvalue weighted by atomic mass is 16.6. The molecule has 1 amide bonds. The van der Waals surface area contributed by atoms with Crippen LogP contribution in [0.2, 0.25) is 0 Å². The number of oxazole rings is 1. The zero-order valence-corrected chi connectivity index (χ0v) is 19.8. The summed E-state index contributed by atoms with van der Waals surface area (Å²) in [6.07, 6.45) is 3.28. The van der Waals surface area contributed by atoms with Gasteiger partial charge in [-0.15, -0.1) is 0 Å². The highest BCUT2D eigenvalue weighted by Gasteiger charge is 2.29. The molecule has 3 aromatic heterocycles. The fraction of sp³-hybridized carbons (Fsp3) is 0.440. The Morgan fingerprint density at radius 2 is 1.88 bits per heavy atom. The van der Waals surface area contributed by atoms with Crippen molar-refractivity contribution in [2.24, 2.45) is 0 Å². The van der Waals surface area contributed by atoms with E-state index < -0.39 is 5.60 Å². The van der Waals surface area contributed by atoms with Crippen LogP contribution in [0.5, 0.6) is 0 Å². The van der Waals surface area contributed by atoms with Gasteiger partial charge in [0.05, 0.1) is 17.6 Å². The summed E-state index contributed by atoms with van der Waals surface area (Å²) in [6, 6.07) is 8.05. The predicted molar refractivity (Wildman–Crippen MR) is 125 cm³/mol. The van der Waals surface area contributed by atoms with Crippen LogP contribution in [0.15, 0.2) is 34.9 Å². The van der Waals surface area contributed by atoms with Crippen molar-refractivity contribution in [1.29, 1.82) is 0 Å². The standard InChI is InChI=1S/C25H29N5O3/c1-15-12-20(28-30-14-16(2)26-22(15)30)18-6-7-19-21(13-18)32-23(27-19)17-8-10-29(11-9-17)24(31)33-25(3,4)5/h6-7,12-14,17H,8-11H2,1-5H3. The average molecular weight is 448 g/mol. The van der Waals surface area contributed by atoms with Crippen molar-refractivity contribution in [1.82, 2.24) is 24.5 Å². The molecule has 0 N–H and O–H groups in total. The first kappa shape index (κ1) is 21.4. The fourth-order valence-corrected chi connectivity index (χ4v) is 4.30. The van der Waals surface area contributed by atoms with Crippen molar-refractivity contribution in [3.05, 3.63) is 47.6 Å².